The van der Waals surface area contributed by atoms with Gasteiger partial charge in [0, 0.05) is 12.1 Å². The molecule has 0 saturated heterocycles. The molecule has 0 aliphatic heterocycles. The Morgan fingerprint density at radius 1 is 1.44 bits per heavy atom. The smallest absolute Gasteiger partial charge is 0.292 e. The minimum absolute atomic E-state index is 0.145. The molecule has 0 bridgehead atoms. The fourth-order valence-electron chi connectivity index (χ4n) is 1.76. The predicted molar refractivity (Wildman–Crippen MR) is 74.1 cm³/mol. The highest BCUT2D eigenvalue weighted by Gasteiger charge is 2.16. The molecular weight excluding hydrogens is 230 g/mol. The predicted octanol–water partition coefficient (Wildman–Crippen LogP) is 2.66. The molecule has 0 aliphatic rings. The maximum atomic E-state index is 11.0. The Hall–Kier alpha value is -1.62. The number of nitrogens with one attached hydrogen (secondary N) is 1. The molecule has 5 nitrogen and oxygen atoms in total. The summed E-state index contributed by atoms with van der Waals surface area (Å²) in [5.74, 6) is 0. The molecule has 0 aromatic heterocycles. The summed E-state index contributed by atoms with van der Waals surface area (Å²) < 4.78 is 0. The summed E-state index contributed by atoms with van der Waals surface area (Å²) in [4.78, 5) is 12.7. The van der Waals surface area contributed by atoms with Crippen molar-refractivity contribution in [2.24, 2.45) is 0 Å². The minimum Gasteiger partial charge on any atom is -0.377 e. The van der Waals surface area contributed by atoms with Crippen LogP contribution in [0.4, 0.5) is 11.4 Å². The second-order valence-electron chi connectivity index (χ2n) is 4.86. The molecule has 1 N–H and O–H groups in total. The van der Waals surface area contributed by atoms with E-state index in [9.17, 15) is 10.1 Å². The van der Waals surface area contributed by atoms with Gasteiger partial charge in [-0.15, -0.1) is 0 Å². The molecule has 18 heavy (non-hydrogen) atoms. The van der Waals surface area contributed by atoms with Crippen molar-refractivity contribution in [3.05, 3.63) is 33.9 Å². The van der Waals surface area contributed by atoms with E-state index in [0.29, 0.717) is 5.69 Å². The van der Waals surface area contributed by atoms with Gasteiger partial charge in [0.05, 0.1) is 4.92 Å². The second-order valence-corrected chi connectivity index (χ2v) is 4.86. The molecule has 5 heteroatoms. The summed E-state index contributed by atoms with van der Waals surface area (Å²) in [6, 6.07) is 5.33. The number of nitro groups is 1. The quantitative estimate of drug-likeness (QED) is 0.623. The normalized spacial score (nSPS) is 12.5. The molecule has 0 amide bonds. The number of hydrogen-bond donors (Lipinski definition) is 1. The Kier molecular flexibility index (Phi) is 5.09. The fraction of sp³-hybridized carbons (Fsp3) is 0.538. The highest BCUT2D eigenvalue weighted by atomic mass is 16.6. The number of aryl methyl sites for hydroxylation is 1. The summed E-state index contributed by atoms with van der Waals surface area (Å²) in [6.07, 6.45) is 0.943. The van der Waals surface area contributed by atoms with Gasteiger partial charge in [-0.1, -0.05) is 12.1 Å². The number of rotatable bonds is 6. The third-order valence-corrected chi connectivity index (χ3v) is 2.85. The lowest BCUT2D eigenvalue weighted by Crippen LogP contribution is -2.23. The second kappa shape index (κ2) is 6.35. The molecule has 0 aliphatic carbocycles. The lowest BCUT2D eigenvalue weighted by molar-refractivity contribution is -0.384. The van der Waals surface area contributed by atoms with Crippen molar-refractivity contribution in [1.29, 1.82) is 0 Å². The minimum atomic E-state index is -0.339. The standard InChI is InChI=1S/C13H21N3O2/c1-10-6-5-7-12(16(17)18)13(10)14-11(2)8-9-15(3)4/h5-7,11,14H,8-9H2,1-4H3. The number of nitrogens with zero attached hydrogens (tertiary/aromatic N) is 2. The molecular formula is C13H21N3O2. The molecule has 0 heterocycles. The van der Waals surface area contributed by atoms with Gasteiger partial charge in [0.25, 0.3) is 5.69 Å². The molecule has 1 atom stereocenters. The van der Waals surface area contributed by atoms with E-state index in [2.05, 4.69) is 10.2 Å². The van der Waals surface area contributed by atoms with E-state index < -0.39 is 0 Å². The Labute approximate surface area is 108 Å². The molecule has 1 unspecified atom stereocenters. The van der Waals surface area contributed by atoms with Crippen LogP contribution in [0.25, 0.3) is 0 Å². The van der Waals surface area contributed by atoms with Crippen LogP contribution in [0.5, 0.6) is 0 Å². The van der Waals surface area contributed by atoms with Gasteiger partial charge >= 0.3 is 0 Å². The van der Waals surface area contributed by atoms with Gasteiger partial charge in [-0.3, -0.25) is 10.1 Å². The monoisotopic (exact) mass is 251 g/mol. The Balaban J connectivity index is 2.80. The maximum Gasteiger partial charge on any atom is 0.292 e. The third kappa shape index (κ3) is 4.00. The van der Waals surface area contributed by atoms with Gasteiger partial charge in [0.1, 0.15) is 5.69 Å². The van der Waals surface area contributed by atoms with Crippen LogP contribution in [-0.2, 0) is 0 Å². The molecule has 0 saturated carbocycles. The van der Waals surface area contributed by atoms with Crippen molar-refractivity contribution in [3.8, 4) is 0 Å². The molecule has 1 aromatic rings. The van der Waals surface area contributed by atoms with E-state index in [1.165, 1.54) is 6.07 Å². The van der Waals surface area contributed by atoms with Gasteiger partial charge in [-0.25, -0.2) is 0 Å². The van der Waals surface area contributed by atoms with Crippen LogP contribution in [0.3, 0.4) is 0 Å². The van der Waals surface area contributed by atoms with Crippen LogP contribution >= 0.6 is 0 Å². The summed E-state index contributed by atoms with van der Waals surface area (Å²) in [5.41, 5.74) is 1.68. The van der Waals surface area contributed by atoms with Crippen LogP contribution in [-0.4, -0.2) is 36.5 Å². The van der Waals surface area contributed by atoms with Crippen molar-refractivity contribution >= 4 is 11.4 Å². The van der Waals surface area contributed by atoms with Crippen molar-refractivity contribution in [1.82, 2.24) is 4.90 Å². The number of benzene rings is 1. The first-order valence-electron chi connectivity index (χ1n) is 6.07. The number of anilines is 1. The van der Waals surface area contributed by atoms with Crippen LogP contribution in [0.2, 0.25) is 0 Å². The summed E-state index contributed by atoms with van der Waals surface area (Å²) >= 11 is 0. The van der Waals surface area contributed by atoms with Crippen molar-refractivity contribution in [3.63, 3.8) is 0 Å². The molecule has 0 radical (unpaired) electrons. The van der Waals surface area contributed by atoms with Gasteiger partial charge < -0.3 is 10.2 Å². The van der Waals surface area contributed by atoms with E-state index in [0.717, 1.165) is 18.5 Å². The Morgan fingerprint density at radius 2 is 2.11 bits per heavy atom. The summed E-state index contributed by atoms with van der Waals surface area (Å²) in [5, 5.41) is 14.2. The zero-order chi connectivity index (χ0) is 13.7. The molecule has 1 rings (SSSR count). The van der Waals surface area contributed by atoms with Crippen LogP contribution in [0, 0.1) is 17.0 Å². The Morgan fingerprint density at radius 3 is 2.67 bits per heavy atom. The molecule has 1 aromatic carbocycles. The first-order chi connectivity index (χ1) is 8.41. The maximum absolute atomic E-state index is 11.0. The van der Waals surface area contributed by atoms with Crippen molar-refractivity contribution < 1.29 is 4.92 Å². The molecule has 100 valence electrons. The lowest BCUT2D eigenvalue weighted by Gasteiger charge is -2.19. The third-order valence-electron chi connectivity index (χ3n) is 2.85. The van der Waals surface area contributed by atoms with Crippen LogP contribution < -0.4 is 5.32 Å². The number of hydrogen-bond acceptors (Lipinski definition) is 4. The first-order valence-corrected chi connectivity index (χ1v) is 6.07. The van der Waals surface area contributed by atoms with E-state index in [-0.39, 0.29) is 16.7 Å². The topological polar surface area (TPSA) is 58.4 Å². The van der Waals surface area contributed by atoms with Crippen LogP contribution in [0.1, 0.15) is 18.9 Å². The van der Waals surface area contributed by atoms with E-state index in [1.54, 1.807) is 6.07 Å². The number of nitro benzene ring substituents is 1. The zero-order valence-corrected chi connectivity index (χ0v) is 11.4. The van der Waals surface area contributed by atoms with E-state index >= 15 is 0 Å². The van der Waals surface area contributed by atoms with E-state index in [4.69, 9.17) is 0 Å². The fourth-order valence-corrected chi connectivity index (χ4v) is 1.76. The van der Waals surface area contributed by atoms with E-state index in [1.807, 2.05) is 34.0 Å². The number of para-hydroxylation sites is 1. The van der Waals surface area contributed by atoms with Gasteiger partial charge in [0.15, 0.2) is 0 Å². The SMILES string of the molecule is Cc1cccc([N+](=O)[O-])c1NC(C)CCN(C)C. The average Bonchev–Trinajstić information content (AvgIpc) is 2.28. The van der Waals surface area contributed by atoms with Gasteiger partial charge in [0.2, 0.25) is 0 Å². The van der Waals surface area contributed by atoms with Crippen molar-refractivity contribution in [2.45, 2.75) is 26.3 Å². The highest BCUT2D eigenvalue weighted by molar-refractivity contribution is 5.66. The largest absolute Gasteiger partial charge is 0.377 e. The molecule has 0 fully saturated rings. The average molecular weight is 251 g/mol. The highest BCUT2D eigenvalue weighted by Crippen LogP contribution is 2.28. The summed E-state index contributed by atoms with van der Waals surface area (Å²) in [6.45, 7) is 4.88. The Bertz CT molecular complexity index is 419. The van der Waals surface area contributed by atoms with Gasteiger partial charge in [-0.2, -0.15) is 0 Å². The van der Waals surface area contributed by atoms with Crippen LogP contribution in [0.15, 0.2) is 18.2 Å². The zero-order valence-electron chi connectivity index (χ0n) is 11.4. The first kappa shape index (κ1) is 14.4. The lowest BCUT2D eigenvalue weighted by atomic mass is 10.1. The molecule has 0 spiro atoms. The van der Waals surface area contributed by atoms with Crippen molar-refractivity contribution in [2.75, 3.05) is 26.0 Å². The van der Waals surface area contributed by atoms with Gasteiger partial charge in [-0.05, 0) is 46.5 Å². The summed E-state index contributed by atoms with van der Waals surface area (Å²) in [7, 11) is 4.03.